The zero-order valence-corrected chi connectivity index (χ0v) is 6.38. The molecule has 0 aliphatic heterocycles. The van der Waals surface area contributed by atoms with Gasteiger partial charge in [-0.15, -0.1) is 23.2 Å². The highest BCUT2D eigenvalue weighted by Crippen LogP contribution is 2.04. The van der Waals surface area contributed by atoms with E-state index >= 15 is 0 Å². The molecular weight excluding hydrogens is 143 g/mol. The summed E-state index contributed by atoms with van der Waals surface area (Å²) in [5, 5.41) is 0. The largest absolute Gasteiger partial charge is 0.127 e. The fourth-order valence-corrected chi connectivity index (χ4v) is 0.836. The fourth-order valence-electron chi connectivity index (χ4n) is 0.493. The number of hydrogen-bond acceptors (Lipinski definition) is 0. The van der Waals surface area contributed by atoms with Gasteiger partial charge in [-0.05, 0) is 12.8 Å². The van der Waals surface area contributed by atoms with Crippen molar-refractivity contribution < 1.29 is 0 Å². The highest BCUT2D eigenvalue weighted by Gasteiger charge is 1.85. The Balaban J connectivity index is 2.53. The van der Waals surface area contributed by atoms with Crippen LogP contribution in [0.3, 0.4) is 0 Å². The molecule has 0 nitrogen and oxygen atoms in total. The van der Waals surface area contributed by atoms with E-state index in [0.717, 1.165) is 18.7 Å². The van der Waals surface area contributed by atoms with Crippen LogP contribution in [0.25, 0.3) is 0 Å². The summed E-state index contributed by atoms with van der Waals surface area (Å²) < 4.78 is 0. The third-order valence-electron chi connectivity index (χ3n) is 0.947. The van der Waals surface area contributed by atoms with Crippen LogP contribution in [0.15, 0.2) is 0 Å². The van der Waals surface area contributed by atoms with Gasteiger partial charge in [0.25, 0.3) is 0 Å². The van der Waals surface area contributed by atoms with Crippen molar-refractivity contribution in [3.05, 3.63) is 5.88 Å². The van der Waals surface area contributed by atoms with Gasteiger partial charge in [-0.1, -0.05) is 12.8 Å². The molecule has 0 aromatic heterocycles. The first-order chi connectivity index (χ1) is 3.91. The number of halogens is 2. The maximum Gasteiger partial charge on any atom is 0.0499 e. The normalized spacial score (nSPS) is 9.75. The van der Waals surface area contributed by atoms with Crippen LogP contribution in [0.4, 0.5) is 0 Å². The summed E-state index contributed by atoms with van der Waals surface area (Å²) in [7, 11) is 0. The van der Waals surface area contributed by atoms with E-state index in [9.17, 15) is 0 Å². The van der Waals surface area contributed by atoms with Crippen LogP contribution in [-0.2, 0) is 0 Å². The van der Waals surface area contributed by atoms with E-state index in [1.54, 1.807) is 5.88 Å². The van der Waals surface area contributed by atoms with E-state index in [-0.39, 0.29) is 0 Å². The standard InChI is InChI=1S/C6H11Cl2/c7-5-3-1-2-4-6-8/h5H,1-4,6H2. The van der Waals surface area contributed by atoms with Crippen LogP contribution in [0.5, 0.6) is 0 Å². The van der Waals surface area contributed by atoms with Crippen molar-refractivity contribution in [1.29, 1.82) is 0 Å². The molecule has 49 valence electrons. The smallest absolute Gasteiger partial charge is 0.0499 e. The van der Waals surface area contributed by atoms with Crippen molar-refractivity contribution in [2.45, 2.75) is 25.7 Å². The zero-order chi connectivity index (χ0) is 6.24. The van der Waals surface area contributed by atoms with Crippen molar-refractivity contribution >= 4 is 23.2 Å². The van der Waals surface area contributed by atoms with Crippen molar-refractivity contribution in [2.75, 3.05) is 5.88 Å². The first-order valence-corrected chi connectivity index (χ1v) is 3.86. The molecular formula is C6H11Cl2. The van der Waals surface area contributed by atoms with Crippen molar-refractivity contribution in [3.63, 3.8) is 0 Å². The van der Waals surface area contributed by atoms with E-state index in [0.29, 0.717) is 0 Å². The van der Waals surface area contributed by atoms with Gasteiger partial charge in [0, 0.05) is 11.8 Å². The summed E-state index contributed by atoms with van der Waals surface area (Å²) >= 11 is 10.8. The molecule has 0 unspecified atom stereocenters. The number of rotatable bonds is 5. The first kappa shape index (κ1) is 8.58. The summed E-state index contributed by atoms with van der Waals surface area (Å²) in [5.41, 5.74) is 0. The second-order valence-electron chi connectivity index (χ2n) is 1.69. The van der Waals surface area contributed by atoms with Gasteiger partial charge in [-0.3, -0.25) is 0 Å². The van der Waals surface area contributed by atoms with Gasteiger partial charge in [0.15, 0.2) is 0 Å². The van der Waals surface area contributed by atoms with E-state index in [1.165, 1.54) is 12.8 Å². The molecule has 0 aliphatic rings. The highest BCUT2D eigenvalue weighted by atomic mass is 35.5. The molecule has 0 fully saturated rings. The minimum Gasteiger partial charge on any atom is -0.127 e. The van der Waals surface area contributed by atoms with Crippen LogP contribution in [0, 0.1) is 5.88 Å². The lowest BCUT2D eigenvalue weighted by Gasteiger charge is -1.91. The van der Waals surface area contributed by atoms with E-state index < -0.39 is 0 Å². The predicted octanol–water partition coefficient (Wildman–Crippen LogP) is 3.19. The Morgan fingerprint density at radius 2 is 1.88 bits per heavy atom. The van der Waals surface area contributed by atoms with E-state index in [2.05, 4.69) is 0 Å². The minimum atomic E-state index is 0.780. The maximum absolute atomic E-state index is 5.44. The topological polar surface area (TPSA) is 0 Å². The average Bonchev–Trinajstić information content (AvgIpc) is 1.81. The lowest BCUT2D eigenvalue weighted by Crippen LogP contribution is -1.76. The van der Waals surface area contributed by atoms with Crippen molar-refractivity contribution in [2.24, 2.45) is 0 Å². The molecule has 0 aliphatic carbocycles. The van der Waals surface area contributed by atoms with Crippen LogP contribution < -0.4 is 0 Å². The van der Waals surface area contributed by atoms with E-state index in [1.807, 2.05) is 0 Å². The molecule has 0 saturated carbocycles. The Bertz CT molecular complexity index is 31.5. The Kier molecular flexibility index (Phi) is 8.13. The third-order valence-corrected chi connectivity index (χ3v) is 1.43. The van der Waals surface area contributed by atoms with Gasteiger partial charge in [0.1, 0.15) is 0 Å². The fraction of sp³-hybridized carbons (Fsp3) is 0.833. The molecule has 2 heteroatoms. The van der Waals surface area contributed by atoms with Gasteiger partial charge in [0.05, 0.1) is 0 Å². The summed E-state index contributed by atoms with van der Waals surface area (Å²) in [6.45, 7) is 0. The molecule has 0 aromatic rings. The quantitative estimate of drug-likeness (QED) is 0.421. The van der Waals surface area contributed by atoms with Gasteiger partial charge in [-0.2, -0.15) is 0 Å². The molecule has 1 radical (unpaired) electrons. The lowest BCUT2D eigenvalue weighted by molar-refractivity contribution is 0.726. The minimum absolute atomic E-state index is 0.780. The van der Waals surface area contributed by atoms with Crippen LogP contribution in [0.1, 0.15) is 25.7 Å². The van der Waals surface area contributed by atoms with Gasteiger partial charge < -0.3 is 0 Å². The predicted molar refractivity (Wildman–Crippen MR) is 39.3 cm³/mol. The Hall–Kier alpha value is 0.580. The lowest BCUT2D eigenvalue weighted by atomic mass is 10.2. The van der Waals surface area contributed by atoms with Crippen molar-refractivity contribution in [3.8, 4) is 0 Å². The second kappa shape index (κ2) is 7.58. The monoisotopic (exact) mass is 153 g/mol. The molecule has 0 rings (SSSR count). The molecule has 0 amide bonds. The maximum atomic E-state index is 5.44. The molecule has 0 aromatic carbocycles. The summed E-state index contributed by atoms with van der Waals surface area (Å²) in [5.74, 6) is 2.45. The van der Waals surface area contributed by atoms with Gasteiger partial charge >= 0.3 is 0 Å². The zero-order valence-electron chi connectivity index (χ0n) is 4.87. The summed E-state index contributed by atoms with van der Waals surface area (Å²) in [6.07, 6.45) is 4.51. The average molecular weight is 154 g/mol. The summed E-state index contributed by atoms with van der Waals surface area (Å²) in [4.78, 5) is 0. The third kappa shape index (κ3) is 6.58. The number of unbranched alkanes of at least 4 members (excludes halogenated alkanes) is 3. The first-order valence-electron chi connectivity index (χ1n) is 2.89. The molecule has 0 saturated heterocycles. The van der Waals surface area contributed by atoms with Crippen LogP contribution >= 0.6 is 23.2 Å². The highest BCUT2D eigenvalue weighted by molar-refractivity contribution is 6.23. The molecule has 0 bridgehead atoms. The molecule has 0 atom stereocenters. The Labute approximate surface area is 61.2 Å². The summed E-state index contributed by atoms with van der Waals surface area (Å²) in [6, 6.07) is 0. The SMILES string of the molecule is Cl[CH]CCCCCCl. The van der Waals surface area contributed by atoms with Crippen molar-refractivity contribution in [1.82, 2.24) is 0 Å². The Morgan fingerprint density at radius 3 is 2.38 bits per heavy atom. The molecule has 0 spiro atoms. The number of hydrogen-bond donors (Lipinski definition) is 0. The second-order valence-corrected chi connectivity index (χ2v) is 2.38. The molecule has 8 heavy (non-hydrogen) atoms. The molecule has 0 heterocycles. The molecule has 0 N–H and O–H groups in total. The van der Waals surface area contributed by atoms with E-state index in [4.69, 9.17) is 23.2 Å². The Morgan fingerprint density at radius 1 is 1.12 bits per heavy atom. The van der Waals surface area contributed by atoms with Gasteiger partial charge in [0.2, 0.25) is 0 Å². The van der Waals surface area contributed by atoms with Crippen LogP contribution in [-0.4, -0.2) is 5.88 Å². The number of alkyl halides is 1. The van der Waals surface area contributed by atoms with Crippen LogP contribution in [0.2, 0.25) is 0 Å². The van der Waals surface area contributed by atoms with Gasteiger partial charge in [-0.25, -0.2) is 0 Å².